The molecule has 124 valence electrons. The number of nitrogens with zero attached hydrogens (tertiary/aromatic N) is 1. The van der Waals surface area contributed by atoms with E-state index in [-0.39, 0.29) is 16.8 Å². The topological polar surface area (TPSA) is 66.5 Å². The molecule has 0 aromatic heterocycles. The van der Waals surface area contributed by atoms with Crippen LogP contribution in [0, 0.1) is 5.92 Å². The highest BCUT2D eigenvalue weighted by Crippen LogP contribution is 2.16. The van der Waals surface area contributed by atoms with Crippen LogP contribution in [0.25, 0.3) is 0 Å². The van der Waals surface area contributed by atoms with Crippen molar-refractivity contribution in [3.05, 3.63) is 29.8 Å². The van der Waals surface area contributed by atoms with E-state index in [2.05, 4.69) is 5.32 Å². The Morgan fingerprint density at radius 1 is 1.09 bits per heavy atom. The first-order chi connectivity index (χ1) is 10.2. The molecule has 0 saturated carbocycles. The van der Waals surface area contributed by atoms with E-state index < -0.39 is 10.0 Å². The van der Waals surface area contributed by atoms with E-state index in [0.717, 1.165) is 0 Å². The Bertz CT molecular complexity index is 590. The van der Waals surface area contributed by atoms with E-state index in [1.54, 1.807) is 26.0 Å². The molecule has 1 amide bonds. The average Bonchev–Trinajstić information content (AvgIpc) is 2.48. The Morgan fingerprint density at radius 3 is 2.00 bits per heavy atom. The van der Waals surface area contributed by atoms with Crippen LogP contribution in [0.5, 0.6) is 0 Å². The number of nitrogens with one attached hydrogen (secondary N) is 1. The maximum atomic E-state index is 12.4. The standard InChI is InChI=1S/C16H26N2O3S/c1-6-18(7-2)22(20,21)15-10-8-14(9-11-15)16(19)17-13(5)12(3)4/h8-13H,6-7H2,1-5H3,(H,17,19)/t13-/m0/s1. The maximum Gasteiger partial charge on any atom is 0.251 e. The molecule has 0 radical (unpaired) electrons. The number of hydrogen-bond donors (Lipinski definition) is 1. The number of rotatable bonds is 7. The van der Waals surface area contributed by atoms with Crippen LogP contribution in [0.3, 0.4) is 0 Å². The molecule has 5 nitrogen and oxygen atoms in total. The van der Waals surface area contributed by atoms with Crippen LogP contribution in [0.15, 0.2) is 29.2 Å². The molecule has 1 rings (SSSR count). The van der Waals surface area contributed by atoms with Gasteiger partial charge in [0.2, 0.25) is 10.0 Å². The summed E-state index contributed by atoms with van der Waals surface area (Å²) in [5, 5.41) is 2.90. The normalized spacial score (nSPS) is 13.4. The number of benzene rings is 1. The molecule has 0 heterocycles. The van der Waals surface area contributed by atoms with Gasteiger partial charge in [0.15, 0.2) is 0 Å². The highest BCUT2D eigenvalue weighted by Gasteiger charge is 2.21. The van der Waals surface area contributed by atoms with Crippen molar-refractivity contribution in [2.45, 2.75) is 45.6 Å². The third-order valence-electron chi connectivity index (χ3n) is 3.82. The molecule has 0 fully saturated rings. The average molecular weight is 326 g/mol. The summed E-state index contributed by atoms with van der Waals surface area (Å²) in [5.74, 6) is 0.152. The Balaban J connectivity index is 2.94. The van der Waals surface area contributed by atoms with Crippen molar-refractivity contribution >= 4 is 15.9 Å². The smallest absolute Gasteiger partial charge is 0.251 e. The van der Waals surface area contributed by atoms with Gasteiger partial charge in [-0.1, -0.05) is 27.7 Å². The summed E-state index contributed by atoms with van der Waals surface area (Å²) in [6, 6.07) is 6.15. The molecule has 0 aliphatic carbocycles. The SMILES string of the molecule is CCN(CC)S(=O)(=O)c1ccc(C(=O)N[C@@H](C)C(C)C)cc1. The van der Waals surface area contributed by atoms with Gasteiger partial charge < -0.3 is 5.32 Å². The minimum absolute atomic E-state index is 0.0617. The lowest BCUT2D eigenvalue weighted by atomic mass is 10.1. The second kappa shape index (κ2) is 7.74. The molecule has 0 saturated heterocycles. The van der Waals surface area contributed by atoms with Crippen molar-refractivity contribution in [3.63, 3.8) is 0 Å². The highest BCUT2D eigenvalue weighted by atomic mass is 32.2. The van der Waals surface area contributed by atoms with Crippen molar-refractivity contribution in [3.8, 4) is 0 Å². The zero-order valence-corrected chi connectivity index (χ0v) is 14.8. The van der Waals surface area contributed by atoms with Crippen LogP contribution in [-0.2, 0) is 10.0 Å². The van der Waals surface area contributed by atoms with E-state index in [9.17, 15) is 13.2 Å². The molecule has 0 spiro atoms. The second-order valence-corrected chi connectivity index (χ2v) is 7.56. The van der Waals surface area contributed by atoms with Gasteiger partial charge >= 0.3 is 0 Å². The summed E-state index contributed by atoms with van der Waals surface area (Å²) >= 11 is 0. The van der Waals surface area contributed by atoms with E-state index in [4.69, 9.17) is 0 Å². The monoisotopic (exact) mass is 326 g/mol. The fourth-order valence-electron chi connectivity index (χ4n) is 1.95. The lowest BCUT2D eigenvalue weighted by Gasteiger charge is -2.19. The highest BCUT2D eigenvalue weighted by molar-refractivity contribution is 7.89. The van der Waals surface area contributed by atoms with E-state index in [0.29, 0.717) is 24.6 Å². The van der Waals surface area contributed by atoms with Crippen molar-refractivity contribution in [2.24, 2.45) is 5.92 Å². The third kappa shape index (κ3) is 4.30. The molecule has 0 bridgehead atoms. The minimum atomic E-state index is -3.48. The van der Waals surface area contributed by atoms with Crippen molar-refractivity contribution in [2.75, 3.05) is 13.1 Å². The summed E-state index contributed by atoms with van der Waals surface area (Å²) in [4.78, 5) is 12.3. The van der Waals surface area contributed by atoms with Gasteiger partial charge in [-0.05, 0) is 37.1 Å². The van der Waals surface area contributed by atoms with Crippen LogP contribution < -0.4 is 5.32 Å². The molecular weight excluding hydrogens is 300 g/mol. The number of amides is 1. The van der Waals surface area contributed by atoms with Gasteiger partial charge in [0, 0.05) is 24.7 Å². The summed E-state index contributed by atoms with van der Waals surface area (Å²) < 4.78 is 26.1. The largest absolute Gasteiger partial charge is 0.349 e. The Morgan fingerprint density at radius 2 is 1.59 bits per heavy atom. The number of sulfonamides is 1. The molecule has 22 heavy (non-hydrogen) atoms. The van der Waals surface area contributed by atoms with Gasteiger partial charge in [0.25, 0.3) is 5.91 Å². The summed E-state index contributed by atoms with van der Waals surface area (Å²) in [5.41, 5.74) is 0.464. The Labute approximate surface area is 133 Å². The zero-order chi connectivity index (χ0) is 16.9. The van der Waals surface area contributed by atoms with Crippen molar-refractivity contribution in [1.29, 1.82) is 0 Å². The lowest BCUT2D eigenvalue weighted by molar-refractivity contribution is 0.0930. The molecule has 1 atom stereocenters. The Kier molecular flexibility index (Phi) is 6.56. The van der Waals surface area contributed by atoms with E-state index >= 15 is 0 Å². The number of carbonyl (C=O) groups is 1. The Hall–Kier alpha value is -1.40. The van der Waals surface area contributed by atoms with E-state index in [1.165, 1.54) is 16.4 Å². The van der Waals surface area contributed by atoms with Crippen LogP contribution in [0.1, 0.15) is 45.0 Å². The van der Waals surface area contributed by atoms with Crippen LogP contribution >= 0.6 is 0 Å². The van der Waals surface area contributed by atoms with Crippen molar-refractivity contribution in [1.82, 2.24) is 9.62 Å². The van der Waals surface area contributed by atoms with Gasteiger partial charge in [-0.2, -0.15) is 4.31 Å². The second-order valence-electron chi connectivity index (χ2n) is 5.62. The molecule has 0 aliphatic heterocycles. The molecule has 1 aromatic carbocycles. The number of carbonyl (C=O) groups excluding carboxylic acids is 1. The first kappa shape index (κ1) is 18.6. The van der Waals surface area contributed by atoms with Crippen LogP contribution in [0.4, 0.5) is 0 Å². The first-order valence-electron chi connectivity index (χ1n) is 7.65. The molecule has 0 aliphatic rings. The van der Waals surface area contributed by atoms with Gasteiger partial charge in [0.1, 0.15) is 0 Å². The molecule has 1 N–H and O–H groups in total. The fraction of sp³-hybridized carbons (Fsp3) is 0.562. The van der Waals surface area contributed by atoms with E-state index in [1.807, 2.05) is 20.8 Å². The van der Waals surface area contributed by atoms with Crippen molar-refractivity contribution < 1.29 is 13.2 Å². The summed E-state index contributed by atoms with van der Waals surface area (Å²) in [7, 11) is -3.48. The molecular formula is C16H26N2O3S. The minimum Gasteiger partial charge on any atom is -0.349 e. The summed E-state index contributed by atoms with van der Waals surface area (Å²) in [6.45, 7) is 10.5. The first-order valence-corrected chi connectivity index (χ1v) is 9.09. The van der Waals surface area contributed by atoms with Crippen LogP contribution in [-0.4, -0.2) is 37.8 Å². The predicted molar refractivity (Wildman–Crippen MR) is 88.3 cm³/mol. The number of hydrogen-bond acceptors (Lipinski definition) is 3. The fourth-order valence-corrected chi connectivity index (χ4v) is 3.41. The quantitative estimate of drug-likeness (QED) is 0.837. The maximum absolute atomic E-state index is 12.4. The lowest BCUT2D eigenvalue weighted by Crippen LogP contribution is -2.36. The molecule has 0 unspecified atom stereocenters. The van der Waals surface area contributed by atoms with Gasteiger partial charge in [0.05, 0.1) is 4.90 Å². The van der Waals surface area contributed by atoms with Crippen LogP contribution in [0.2, 0.25) is 0 Å². The zero-order valence-electron chi connectivity index (χ0n) is 14.0. The van der Waals surface area contributed by atoms with Gasteiger partial charge in [-0.3, -0.25) is 4.79 Å². The predicted octanol–water partition coefficient (Wildman–Crippen LogP) is 2.49. The van der Waals surface area contributed by atoms with Gasteiger partial charge in [-0.25, -0.2) is 8.42 Å². The van der Waals surface area contributed by atoms with Gasteiger partial charge in [-0.15, -0.1) is 0 Å². The third-order valence-corrected chi connectivity index (χ3v) is 5.88. The summed E-state index contributed by atoms with van der Waals surface area (Å²) in [6.07, 6.45) is 0. The molecule has 6 heteroatoms. The molecule has 1 aromatic rings.